The van der Waals surface area contributed by atoms with Gasteiger partial charge in [-0.3, -0.25) is 9.69 Å². The van der Waals surface area contributed by atoms with E-state index >= 15 is 0 Å². The number of nitrogens with zero attached hydrogens (tertiary/aromatic N) is 2. The van der Waals surface area contributed by atoms with E-state index in [-0.39, 0.29) is 5.91 Å². The van der Waals surface area contributed by atoms with Crippen LogP contribution in [-0.4, -0.2) is 67.1 Å². The number of carbonyl (C=O) groups is 1. The molecule has 2 heterocycles. The molecule has 1 N–H and O–H groups in total. The van der Waals surface area contributed by atoms with Crippen LogP contribution in [0.1, 0.15) is 16.1 Å². The second-order valence-corrected chi connectivity index (χ2v) is 7.44. The lowest BCUT2D eigenvalue weighted by Crippen LogP contribution is -2.49. The molecule has 6 heteroatoms. The number of rotatable bonds is 6. The Morgan fingerprint density at radius 1 is 1.03 bits per heavy atom. The second-order valence-electron chi connectivity index (χ2n) is 7.44. The molecular weight excluding hydrogens is 366 g/mol. The molecule has 152 valence electrons. The summed E-state index contributed by atoms with van der Waals surface area (Å²) in [5.74, 6) is 1.68. The molecule has 0 unspecified atom stereocenters. The van der Waals surface area contributed by atoms with Crippen molar-refractivity contribution in [2.75, 3.05) is 46.4 Å². The summed E-state index contributed by atoms with van der Waals surface area (Å²) in [6.45, 7) is 6.68. The van der Waals surface area contributed by atoms with Crippen molar-refractivity contribution in [1.82, 2.24) is 14.8 Å². The summed E-state index contributed by atoms with van der Waals surface area (Å²) in [5.41, 5.74) is 2.87. The number of H-pyrrole nitrogens is 1. The third kappa shape index (κ3) is 4.54. The van der Waals surface area contributed by atoms with Gasteiger partial charge in [0, 0.05) is 49.7 Å². The maximum absolute atomic E-state index is 12.9. The van der Waals surface area contributed by atoms with Crippen LogP contribution < -0.4 is 9.47 Å². The molecule has 1 fully saturated rings. The lowest BCUT2D eigenvalue weighted by Gasteiger charge is -2.34. The zero-order chi connectivity index (χ0) is 20.2. The minimum absolute atomic E-state index is 0.0751. The quantitative estimate of drug-likeness (QED) is 0.698. The van der Waals surface area contributed by atoms with E-state index in [1.807, 2.05) is 41.3 Å². The van der Waals surface area contributed by atoms with Crippen LogP contribution in [0.25, 0.3) is 10.9 Å². The summed E-state index contributed by atoms with van der Waals surface area (Å²) in [7, 11) is 1.65. The van der Waals surface area contributed by atoms with E-state index in [0.29, 0.717) is 12.3 Å². The maximum Gasteiger partial charge on any atom is 0.270 e. The first-order valence-corrected chi connectivity index (χ1v) is 10.0. The van der Waals surface area contributed by atoms with Crippen molar-refractivity contribution in [2.24, 2.45) is 0 Å². The van der Waals surface area contributed by atoms with Crippen molar-refractivity contribution in [2.45, 2.75) is 6.92 Å². The first-order valence-electron chi connectivity index (χ1n) is 10.0. The van der Waals surface area contributed by atoms with Crippen molar-refractivity contribution < 1.29 is 14.3 Å². The number of piperazine rings is 1. The van der Waals surface area contributed by atoms with Gasteiger partial charge in [0.15, 0.2) is 0 Å². The van der Waals surface area contributed by atoms with E-state index in [2.05, 4.69) is 28.9 Å². The summed E-state index contributed by atoms with van der Waals surface area (Å²) in [6, 6.07) is 15.8. The molecule has 0 spiro atoms. The Morgan fingerprint density at radius 2 is 1.83 bits per heavy atom. The Hall–Kier alpha value is -2.99. The normalized spacial score (nSPS) is 14.9. The average Bonchev–Trinajstić information content (AvgIpc) is 3.17. The Bertz CT molecular complexity index is 990. The number of amides is 1. The van der Waals surface area contributed by atoms with Crippen molar-refractivity contribution in [3.8, 4) is 11.5 Å². The van der Waals surface area contributed by atoms with Gasteiger partial charge in [0.1, 0.15) is 23.8 Å². The Labute approximate surface area is 171 Å². The molecule has 0 atom stereocenters. The highest BCUT2D eigenvalue weighted by atomic mass is 16.5. The van der Waals surface area contributed by atoms with Gasteiger partial charge >= 0.3 is 0 Å². The second kappa shape index (κ2) is 8.57. The number of methoxy groups -OCH3 is 1. The first kappa shape index (κ1) is 19.3. The van der Waals surface area contributed by atoms with Crippen LogP contribution in [0, 0.1) is 6.92 Å². The molecule has 1 aliphatic rings. The summed E-state index contributed by atoms with van der Waals surface area (Å²) < 4.78 is 11.0. The van der Waals surface area contributed by atoms with Crippen molar-refractivity contribution in [3.05, 3.63) is 59.8 Å². The van der Waals surface area contributed by atoms with E-state index in [1.165, 1.54) is 5.56 Å². The fraction of sp³-hybridized carbons (Fsp3) is 0.348. The molecule has 0 bridgehead atoms. The van der Waals surface area contributed by atoms with E-state index in [4.69, 9.17) is 9.47 Å². The number of fused-ring (bicyclic) bond motifs is 1. The average molecular weight is 393 g/mol. The molecule has 4 rings (SSSR count). The van der Waals surface area contributed by atoms with E-state index < -0.39 is 0 Å². The summed E-state index contributed by atoms with van der Waals surface area (Å²) in [5, 5.41) is 1.08. The van der Waals surface area contributed by atoms with Gasteiger partial charge in [-0.2, -0.15) is 0 Å². The van der Waals surface area contributed by atoms with E-state index in [9.17, 15) is 4.79 Å². The standard InChI is InChI=1S/C23H27N3O3/c1-17-6-7-21-18(14-17)15-22(24-21)23(27)26-10-8-25(9-11-26)12-13-29-20-5-3-4-19(16-20)28-2/h3-7,14-16,24H,8-13H2,1-2H3. The van der Waals surface area contributed by atoms with Crippen LogP contribution in [0.15, 0.2) is 48.5 Å². The van der Waals surface area contributed by atoms with Gasteiger partial charge < -0.3 is 19.4 Å². The fourth-order valence-electron chi connectivity index (χ4n) is 3.70. The highest BCUT2D eigenvalue weighted by Gasteiger charge is 2.23. The summed E-state index contributed by atoms with van der Waals surface area (Å²) in [4.78, 5) is 20.4. The molecule has 29 heavy (non-hydrogen) atoms. The maximum atomic E-state index is 12.9. The zero-order valence-corrected chi connectivity index (χ0v) is 17.0. The number of nitrogens with one attached hydrogen (secondary N) is 1. The van der Waals surface area contributed by atoms with Gasteiger partial charge in [-0.05, 0) is 37.3 Å². The lowest BCUT2D eigenvalue weighted by molar-refractivity contribution is 0.0615. The third-order valence-electron chi connectivity index (χ3n) is 5.38. The number of carbonyl (C=O) groups excluding carboxylic acids is 1. The van der Waals surface area contributed by atoms with Crippen LogP contribution in [0.4, 0.5) is 0 Å². The van der Waals surface area contributed by atoms with E-state index in [1.54, 1.807) is 7.11 Å². The lowest BCUT2D eigenvalue weighted by atomic mass is 10.2. The molecule has 0 radical (unpaired) electrons. The SMILES string of the molecule is COc1cccc(OCCN2CCN(C(=O)c3cc4cc(C)ccc4[nH]3)CC2)c1. The third-order valence-corrected chi connectivity index (χ3v) is 5.38. The number of aryl methyl sites for hydroxylation is 1. The summed E-state index contributed by atoms with van der Waals surface area (Å²) >= 11 is 0. The van der Waals surface area contributed by atoms with Gasteiger partial charge in [0.2, 0.25) is 0 Å². The van der Waals surface area contributed by atoms with Gasteiger partial charge in [-0.1, -0.05) is 17.7 Å². The molecule has 0 aliphatic carbocycles. The van der Waals surface area contributed by atoms with Gasteiger partial charge in [0.25, 0.3) is 5.91 Å². The molecule has 0 saturated carbocycles. The predicted octanol–water partition coefficient (Wildman–Crippen LogP) is 3.32. The van der Waals surface area contributed by atoms with Crippen LogP contribution in [-0.2, 0) is 0 Å². The van der Waals surface area contributed by atoms with Crippen molar-refractivity contribution >= 4 is 16.8 Å². The van der Waals surface area contributed by atoms with Crippen molar-refractivity contribution in [1.29, 1.82) is 0 Å². The predicted molar refractivity (Wildman–Crippen MR) is 114 cm³/mol. The van der Waals surface area contributed by atoms with E-state index in [0.717, 1.165) is 55.1 Å². The van der Waals surface area contributed by atoms with Gasteiger partial charge in [-0.25, -0.2) is 0 Å². The number of benzene rings is 2. The topological polar surface area (TPSA) is 57.8 Å². The minimum Gasteiger partial charge on any atom is -0.497 e. The van der Waals surface area contributed by atoms with Crippen LogP contribution in [0.3, 0.4) is 0 Å². The van der Waals surface area contributed by atoms with Crippen LogP contribution in [0.5, 0.6) is 11.5 Å². The smallest absolute Gasteiger partial charge is 0.270 e. The van der Waals surface area contributed by atoms with Crippen LogP contribution in [0.2, 0.25) is 0 Å². The molecule has 1 aromatic heterocycles. The fourth-order valence-corrected chi connectivity index (χ4v) is 3.70. The number of aromatic nitrogens is 1. The van der Waals surface area contributed by atoms with Gasteiger partial charge in [0.05, 0.1) is 7.11 Å². The largest absolute Gasteiger partial charge is 0.497 e. The molecule has 1 amide bonds. The number of hydrogen-bond acceptors (Lipinski definition) is 4. The monoisotopic (exact) mass is 393 g/mol. The van der Waals surface area contributed by atoms with Crippen molar-refractivity contribution in [3.63, 3.8) is 0 Å². The minimum atomic E-state index is 0.0751. The molecule has 3 aromatic rings. The Morgan fingerprint density at radius 3 is 2.62 bits per heavy atom. The van der Waals surface area contributed by atoms with Crippen LogP contribution >= 0.6 is 0 Å². The molecule has 1 saturated heterocycles. The number of aromatic amines is 1. The summed E-state index contributed by atoms with van der Waals surface area (Å²) in [6.07, 6.45) is 0. The molecule has 2 aromatic carbocycles. The van der Waals surface area contributed by atoms with Gasteiger partial charge in [-0.15, -0.1) is 0 Å². The highest BCUT2D eigenvalue weighted by molar-refractivity contribution is 5.98. The Balaban J connectivity index is 1.26. The zero-order valence-electron chi connectivity index (χ0n) is 17.0. The molecule has 6 nitrogen and oxygen atoms in total. The number of ether oxygens (including phenoxy) is 2. The highest BCUT2D eigenvalue weighted by Crippen LogP contribution is 2.20. The molecular formula is C23H27N3O3. The number of hydrogen-bond donors (Lipinski definition) is 1. The molecule has 1 aliphatic heterocycles. The Kier molecular flexibility index (Phi) is 5.71. The first-order chi connectivity index (χ1) is 14.1.